The first-order valence-electron chi connectivity index (χ1n) is 3.14. The van der Waals surface area contributed by atoms with E-state index in [1.807, 2.05) is 0 Å². The minimum atomic E-state index is -3.05. The van der Waals surface area contributed by atoms with E-state index in [4.69, 9.17) is 3.79 Å². The third kappa shape index (κ3) is 2.80. The summed E-state index contributed by atoms with van der Waals surface area (Å²) in [6, 6.07) is 0. The van der Waals surface area contributed by atoms with Crippen LogP contribution in [0.25, 0.3) is 0 Å². The summed E-state index contributed by atoms with van der Waals surface area (Å²) in [5, 5.41) is 1.08. The number of rotatable bonds is 2. The van der Waals surface area contributed by atoms with Gasteiger partial charge < -0.3 is 0 Å². The van der Waals surface area contributed by atoms with Gasteiger partial charge in [-0.2, -0.15) is 0 Å². The zero-order chi connectivity index (χ0) is 7.40. The SMILES string of the molecule is O=[Si]([O-])OC1CC[CH2][Al+][O]1. The first-order chi connectivity index (χ1) is 4.79. The van der Waals surface area contributed by atoms with Crippen molar-refractivity contribution in [3.63, 3.8) is 0 Å². The Morgan fingerprint density at radius 3 is 3.10 bits per heavy atom. The molecule has 0 aromatic heterocycles. The van der Waals surface area contributed by atoms with Gasteiger partial charge in [0.05, 0.1) is 0 Å². The molecule has 1 aliphatic heterocycles. The zero-order valence-corrected chi connectivity index (χ0v) is 7.56. The molecular formula is C4H7AlO4Si. The van der Waals surface area contributed by atoms with Crippen molar-refractivity contribution in [2.75, 3.05) is 0 Å². The maximum absolute atomic E-state index is 10.0. The molecule has 1 heterocycles. The van der Waals surface area contributed by atoms with Gasteiger partial charge in [0, 0.05) is 0 Å². The van der Waals surface area contributed by atoms with Gasteiger partial charge in [-0.3, -0.25) is 0 Å². The fourth-order valence-corrected chi connectivity index (χ4v) is 2.25. The van der Waals surface area contributed by atoms with Gasteiger partial charge in [0.2, 0.25) is 0 Å². The molecule has 0 aromatic rings. The third-order valence-electron chi connectivity index (χ3n) is 1.24. The standard InChI is InChI=1S/C4H7O4Si.Al/c1-2-3-4(5)8-9(6)7;/h4H,1-3H2;/q-2;+2. The molecule has 1 unspecified atom stereocenters. The van der Waals surface area contributed by atoms with E-state index < -0.39 is 15.5 Å². The molecule has 0 aromatic carbocycles. The zero-order valence-electron chi connectivity index (χ0n) is 5.41. The van der Waals surface area contributed by atoms with E-state index in [1.54, 1.807) is 0 Å². The molecular weight excluding hydrogens is 167 g/mol. The summed E-state index contributed by atoms with van der Waals surface area (Å²) in [5.41, 5.74) is 0. The Morgan fingerprint density at radius 1 is 1.80 bits per heavy atom. The second kappa shape index (κ2) is 4.09. The van der Waals surface area contributed by atoms with Gasteiger partial charge in [0.15, 0.2) is 0 Å². The normalized spacial score (nSPS) is 24.2. The van der Waals surface area contributed by atoms with Crippen molar-refractivity contribution in [3.05, 3.63) is 0 Å². The van der Waals surface area contributed by atoms with Crippen molar-refractivity contribution in [2.45, 2.75) is 24.4 Å². The average Bonchev–Trinajstić information content (AvgIpc) is 1.88. The van der Waals surface area contributed by atoms with Crippen molar-refractivity contribution in [1.29, 1.82) is 0 Å². The van der Waals surface area contributed by atoms with Crippen LogP contribution < -0.4 is 4.80 Å². The van der Waals surface area contributed by atoms with Gasteiger partial charge in [0.1, 0.15) is 0 Å². The van der Waals surface area contributed by atoms with E-state index >= 15 is 0 Å². The molecule has 0 saturated carbocycles. The Hall–Kier alpha value is 0.109. The van der Waals surface area contributed by atoms with E-state index in [0.29, 0.717) is 6.42 Å². The van der Waals surface area contributed by atoms with Crippen LogP contribution in [0, 0.1) is 0 Å². The molecule has 0 bridgehead atoms. The fourth-order valence-electron chi connectivity index (χ4n) is 0.805. The summed E-state index contributed by atoms with van der Waals surface area (Å²) in [7, 11) is -3.05. The topological polar surface area (TPSA) is 58.6 Å². The predicted molar refractivity (Wildman–Crippen MR) is 32.2 cm³/mol. The van der Waals surface area contributed by atoms with Crippen LogP contribution in [0.3, 0.4) is 0 Å². The maximum atomic E-state index is 10.0. The van der Waals surface area contributed by atoms with Crippen LogP contribution in [-0.4, -0.2) is 31.0 Å². The van der Waals surface area contributed by atoms with Gasteiger partial charge in [0.25, 0.3) is 0 Å². The van der Waals surface area contributed by atoms with E-state index in [-0.39, 0.29) is 15.6 Å². The van der Waals surface area contributed by atoms with Crippen LogP contribution in [-0.2, 0) is 12.7 Å². The summed E-state index contributed by atoms with van der Waals surface area (Å²) < 4.78 is 19.6. The van der Waals surface area contributed by atoms with Crippen molar-refractivity contribution in [3.8, 4) is 0 Å². The van der Waals surface area contributed by atoms with Gasteiger partial charge in [-0.15, -0.1) is 0 Å². The van der Waals surface area contributed by atoms with Crippen molar-refractivity contribution in [1.82, 2.24) is 0 Å². The molecule has 1 atom stereocenters. The van der Waals surface area contributed by atoms with Crippen LogP contribution in [0.5, 0.6) is 0 Å². The molecule has 6 heteroatoms. The molecule has 0 aliphatic carbocycles. The Kier molecular flexibility index (Phi) is 3.35. The average molecular weight is 174 g/mol. The Morgan fingerprint density at radius 2 is 2.60 bits per heavy atom. The summed E-state index contributed by atoms with van der Waals surface area (Å²) in [5.74, 6) is 0. The summed E-state index contributed by atoms with van der Waals surface area (Å²) in [6.45, 7) is 0. The van der Waals surface area contributed by atoms with Gasteiger partial charge in [-0.25, -0.2) is 0 Å². The van der Waals surface area contributed by atoms with Crippen molar-refractivity contribution < 1.29 is 17.5 Å². The van der Waals surface area contributed by atoms with E-state index in [2.05, 4.69) is 4.43 Å². The van der Waals surface area contributed by atoms with Crippen molar-refractivity contribution >= 4 is 24.7 Å². The molecule has 1 fully saturated rings. The predicted octanol–water partition coefficient (Wildman–Crippen LogP) is -1.05. The van der Waals surface area contributed by atoms with Crippen LogP contribution in [0.4, 0.5) is 0 Å². The minimum absolute atomic E-state index is 0.0367. The van der Waals surface area contributed by atoms with E-state index in [0.717, 1.165) is 11.7 Å². The quantitative estimate of drug-likeness (QED) is 0.501. The van der Waals surface area contributed by atoms with Gasteiger partial charge >= 0.3 is 66.6 Å². The Labute approximate surface area is 67.1 Å². The third-order valence-corrected chi connectivity index (χ3v) is 2.83. The van der Waals surface area contributed by atoms with E-state index in [1.165, 1.54) is 0 Å². The Balaban J connectivity index is 2.19. The van der Waals surface area contributed by atoms with E-state index in [9.17, 15) is 9.26 Å². The van der Waals surface area contributed by atoms with Gasteiger partial charge in [-0.1, -0.05) is 0 Å². The molecule has 54 valence electrons. The first-order valence-corrected chi connectivity index (χ1v) is 5.65. The molecule has 4 nitrogen and oxygen atoms in total. The summed E-state index contributed by atoms with van der Waals surface area (Å²) >= 11 is -0.0367. The molecule has 0 N–H and O–H groups in total. The van der Waals surface area contributed by atoms with Crippen LogP contribution >= 0.6 is 0 Å². The molecule has 1 aliphatic rings. The number of hydrogen-bond acceptors (Lipinski definition) is 4. The van der Waals surface area contributed by atoms with Crippen LogP contribution in [0.1, 0.15) is 12.8 Å². The fraction of sp³-hybridized carbons (Fsp3) is 1.00. The van der Waals surface area contributed by atoms with Crippen LogP contribution in [0.2, 0.25) is 5.28 Å². The number of hydrogen-bond donors (Lipinski definition) is 0. The second-order valence-corrected chi connectivity index (χ2v) is 3.95. The second-order valence-electron chi connectivity index (χ2n) is 2.03. The molecule has 1 saturated heterocycles. The molecule has 0 amide bonds. The molecule has 10 heavy (non-hydrogen) atoms. The van der Waals surface area contributed by atoms with Crippen LogP contribution in [0.15, 0.2) is 0 Å². The summed E-state index contributed by atoms with van der Waals surface area (Å²) in [6.07, 6.45) is 1.27. The summed E-state index contributed by atoms with van der Waals surface area (Å²) in [4.78, 5) is 10.0. The van der Waals surface area contributed by atoms with Gasteiger partial charge in [-0.05, 0) is 0 Å². The molecule has 0 radical (unpaired) electrons. The monoisotopic (exact) mass is 174 g/mol. The molecule has 0 spiro atoms. The first kappa shape index (κ1) is 8.21. The van der Waals surface area contributed by atoms with Crippen molar-refractivity contribution in [2.24, 2.45) is 0 Å². The molecule has 1 rings (SSSR count). The Bertz CT molecular complexity index is 124.